The van der Waals surface area contributed by atoms with E-state index >= 15 is 0 Å². The molecule has 2 aromatic rings. The Morgan fingerprint density at radius 1 is 1.17 bits per heavy atom. The van der Waals surface area contributed by atoms with Gasteiger partial charge in [-0.25, -0.2) is 21.9 Å². The number of hydrogen-bond donors (Lipinski definition) is 0. The summed E-state index contributed by atoms with van der Waals surface area (Å²) in [7, 11) is -2.02. The van der Waals surface area contributed by atoms with Crippen molar-refractivity contribution in [3.63, 3.8) is 0 Å². The van der Waals surface area contributed by atoms with Crippen molar-refractivity contribution < 1.29 is 30.4 Å². The molecule has 13 heteroatoms. The highest BCUT2D eigenvalue weighted by molar-refractivity contribution is 7.89. The quantitative estimate of drug-likeness (QED) is 0.744. The third kappa shape index (κ3) is 3.71. The first-order chi connectivity index (χ1) is 10.9. The summed E-state index contributed by atoms with van der Waals surface area (Å²) in [5, 5.41) is 10.1. The molecule has 2 heterocycles. The Bertz CT molecular complexity index is 840. The molecule has 2 rings (SSSR count). The normalized spacial score (nSPS) is 13.0. The fourth-order valence-corrected chi connectivity index (χ4v) is 3.64. The molecule has 0 aliphatic carbocycles. The summed E-state index contributed by atoms with van der Waals surface area (Å²) in [6, 6.07) is 0. The minimum Gasteiger partial charge on any atom is -0.263 e. The SMILES string of the molecule is Cn1nnc(CS(=O)(=O)Cc2cnn(C)c2C(F)(F)F)c1C(F)F. The van der Waals surface area contributed by atoms with Crippen molar-refractivity contribution in [2.24, 2.45) is 14.1 Å². The molecule has 0 radical (unpaired) electrons. The number of halogens is 5. The molecule has 0 saturated heterocycles. The molecule has 0 aromatic carbocycles. The molecule has 2 aromatic heterocycles. The third-order valence-electron chi connectivity index (χ3n) is 3.17. The molecule has 0 fully saturated rings. The minimum absolute atomic E-state index is 0.495. The van der Waals surface area contributed by atoms with E-state index in [9.17, 15) is 30.4 Å². The van der Waals surface area contributed by atoms with Gasteiger partial charge in [0.1, 0.15) is 17.1 Å². The van der Waals surface area contributed by atoms with Crippen LogP contribution in [0, 0.1) is 0 Å². The number of aryl methyl sites for hydroxylation is 2. The maximum Gasteiger partial charge on any atom is 0.433 e. The van der Waals surface area contributed by atoms with E-state index in [0.29, 0.717) is 4.68 Å². The summed E-state index contributed by atoms with van der Waals surface area (Å²) in [6.45, 7) is 0. The van der Waals surface area contributed by atoms with Gasteiger partial charge in [0.15, 0.2) is 9.84 Å². The summed E-state index contributed by atoms with van der Waals surface area (Å²) < 4.78 is 90.1. The highest BCUT2D eigenvalue weighted by atomic mass is 32.2. The lowest BCUT2D eigenvalue weighted by Crippen LogP contribution is -2.17. The predicted octanol–water partition coefficient (Wildman–Crippen LogP) is 1.62. The van der Waals surface area contributed by atoms with Crippen LogP contribution >= 0.6 is 0 Å². The first-order valence-electron chi connectivity index (χ1n) is 6.37. The largest absolute Gasteiger partial charge is 0.433 e. The summed E-state index contributed by atoms with van der Waals surface area (Å²) >= 11 is 0. The average Bonchev–Trinajstić information content (AvgIpc) is 2.91. The van der Waals surface area contributed by atoms with E-state index in [4.69, 9.17) is 0 Å². The van der Waals surface area contributed by atoms with Gasteiger partial charge in [-0.3, -0.25) is 4.68 Å². The number of nitrogens with zero attached hydrogens (tertiary/aromatic N) is 5. The van der Waals surface area contributed by atoms with E-state index in [2.05, 4.69) is 15.4 Å². The Kier molecular flexibility index (Phi) is 4.65. The van der Waals surface area contributed by atoms with Crippen molar-refractivity contribution in [2.45, 2.75) is 24.1 Å². The van der Waals surface area contributed by atoms with E-state index in [1.165, 1.54) is 0 Å². The molecule has 0 amide bonds. The van der Waals surface area contributed by atoms with E-state index in [1.54, 1.807) is 0 Å². The van der Waals surface area contributed by atoms with Crippen LogP contribution in [0.15, 0.2) is 6.20 Å². The van der Waals surface area contributed by atoms with Crippen molar-refractivity contribution in [2.75, 3.05) is 0 Å². The Labute approximate surface area is 133 Å². The molecule has 0 aliphatic heterocycles. The van der Waals surface area contributed by atoms with Gasteiger partial charge in [0.05, 0.1) is 17.7 Å². The lowest BCUT2D eigenvalue weighted by molar-refractivity contribution is -0.144. The molecular weight excluding hydrogens is 361 g/mol. The highest BCUT2D eigenvalue weighted by Crippen LogP contribution is 2.32. The molecule has 0 unspecified atom stereocenters. The van der Waals surface area contributed by atoms with Crippen LogP contribution in [0.25, 0.3) is 0 Å². The van der Waals surface area contributed by atoms with Gasteiger partial charge < -0.3 is 0 Å². The lowest BCUT2D eigenvalue weighted by Gasteiger charge is -2.10. The molecule has 0 bridgehead atoms. The van der Waals surface area contributed by atoms with E-state index in [1.807, 2.05) is 0 Å². The topological polar surface area (TPSA) is 82.7 Å². The summed E-state index contributed by atoms with van der Waals surface area (Å²) in [5.74, 6) is -1.96. The number of sulfone groups is 1. The Hall–Kier alpha value is -2.05. The fraction of sp³-hybridized carbons (Fsp3) is 0.545. The van der Waals surface area contributed by atoms with Gasteiger partial charge in [-0.15, -0.1) is 5.10 Å². The molecular formula is C11H12F5N5O2S. The van der Waals surface area contributed by atoms with Crippen molar-refractivity contribution in [1.82, 2.24) is 24.8 Å². The lowest BCUT2D eigenvalue weighted by atomic mass is 10.3. The van der Waals surface area contributed by atoms with Crippen LogP contribution < -0.4 is 0 Å². The van der Waals surface area contributed by atoms with E-state index in [-0.39, 0.29) is 0 Å². The Balaban J connectivity index is 2.31. The van der Waals surface area contributed by atoms with Crippen LogP contribution in [0.5, 0.6) is 0 Å². The van der Waals surface area contributed by atoms with Gasteiger partial charge in [-0.05, 0) is 0 Å². The standard InChI is InChI=1S/C11H12F5N5O2S/c1-20-8(10(12)13)7(18-19-20)5-24(22,23)4-6-3-17-21(2)9(6)11(14,15)16/h3,10H,4-5H2,1-2H3. The summed E-state index contributed by atoms with van der Waals surface area (Å²) in [6.07, 6.45) is -7.03. The average molecular weight is 373 g/mol. The van der Waals surface area contributed by atoms with Gasteiger partial charge >= 0.3 is 6.18 Å². The molecule has 0 saturated carbocycles. The monoisotopic (exact) mass is 373 g/mol. The van der Waals surface area contributed by atoms with Crippen LogP contribution in [-0.2, 0) is 41.6 Å². The van der Waals surface area contributed by atoms with Gasteiger partial charge in [-0.2, -0.15) is 18.3 Å². The zero-order valence-corrected chi connectivity index (χ0v) is 13.2. The van der Waals surface area contributed by atoms with Gasteiger partial charge in [0, 0.05) is 19.7 Å². The number of rotatable bonds is 5. The van der Waals surface area contributed by atoms with Crippen molar-refractivity contribution in [3.05, 3.63) is 28.8 Å². The zero-order valence-electron chi connectivity index (χ0n) is 12.4. The molecule has 0 N–H and O–H groups in total. The Morgan fingerprint density at radius 3 is 2.33 bits per heavy atom. The smallest absolute Gasteiger partial charge is 0.263 e. The van der Waals surface area contributed by atoms with E-state index < -0.39 is 56.6 Å². The van der Waals surface area contributed by atoms with Crippen molar-refractivity contribution in [1.29, 1.82) is 0 Å². The molecule has 0 aliphatic rings. The molecule has 24 heavy (non-hydrogen) atoms. The van der Waals surface area contributed by atoms with Crippen LogP contribution in [0.1, 0.15) is 29.1 Å². The van der Waals surface area contributed by atoms with E-state index in [0.717, 1.165) is 25.0 Å². The number of alkyl halides is 5. The first-order valence-corrected chi connectivity index (χ1v) is 8.19. The number of aromatic nitrogens is 5. The maximum absolute atomic E-state index is 12.9. The highest BCUT2D eigenvalue weighted by Gasteiger charge is 2.38. The van der Waals surface area contributed by atoms with Crippen LogP contribution in [0.2, 0.25) is 0 Å². The summed E-state index contributed by atoms with van der Waals surface area (Å²) in [5.41, 5.74) is -2.96. The van der Waals surface area contributed by atoms with Gasteiger partial charge in [0.25, 0.3) is 6.43 Å². The van der Waals surface area contributed by atoms with Gasteiger partial charge in [0.2, 0.25) is 0 Å². The van der Waals surface area contributed by atoms with Crippen LogP contribution in [0.3, 0.4) is 0 Å². The summed E-state index contributed by atoms with van der Waals surface area (Å²) in [4.78, 5) is 0. The van der Waals surface area contributed by atoms with Crippen molar-refractivity contribution >= 4 is 9.84 Å². The Morgan fingerprint density at radius 2 is 1.79 bits per heavy atom. The third-order valence-corrected chi connectivity index (χ3v) is 4.63. The molecule has 0 spiro atoms. The predicted molar refractivity (Wildman–Crippen MR) is 70.5 cm³/mol. The zero-order chi connectivity index (χ0) is 18.3. The minimum atomic E-state index is -4.79. The second-order valence-corrected chi connectivity index (χ2v) is 7.08. The fourth-order valence-electron chi connectivity index (χ4n) is 2.23. The van der Waals surface area contributed by atoms with Crippen molar-refractivity contribution in [3.8, 4) is 0 Å². The van der Waals surface area contributed by atoms with Crippen LogP contribution in [0.4, 0.5) is 22.0 Å². The first kappa shape index (κ1) is 18.3. The molecule has 134 valence electrons. The second kappa shape index (κ2) is 6.11. The number of hydrogen-bond acceptors (Lipinski definition) is 5. The van der Waals surface area contributed by atoms with Crippen LogP contribution in [-0.4, -0.2) is 33.2 Å². The second-order valence-electron chi connectivity index (χ2n) is 5.02. The maximum atomic E-state index is 12.9. The molecule has 0 atom stereocenters. The molecule has 7 nitrogen and oxygen atoms in total. The van der Waals surface area contributed by atoms with Gasteiger partial charge in [-0.1, -0.05) is 5.21 Å².